The molecule has 0 aliphatic carbocycles. The minimum Gasteiger partial charge on any atom is -0.311 e. The van der Waals surface area contributed by atoms with Gasteiger partial charge in [-0.1, -0.05) is 12.2 Å². The maximum atomic E-state index is 12.8. The number of rotatable bonds is 10. The second-order valence-electron chi connectivity index (χ2n) is 3.69. The Morgan fingerprint density at radius 3 is 1.26 bits per heavy atom. The molecule has 6 nitrogen and oxygen atoms in total. The van der Waals surface area contributed by atoms with Gasteiger partial charge in [0.2, 0.25) is 0 Å². The van der Waals surface area contributed by atoms with E-state index in [0.717, 1.165) is 0 Å². The van der Waals surface area contributed by atoms with E-state index in [-0.39, 0.29) is 12.8 Å². The first-order chi connectivity index (χ1) is 8.86. The highest BCUT2D eigenvalue weighted by molar-refractivity contribution is 7.74. The molecule has 0 aliphatic rings. The lowest BCUT2D eigenvalue weighted by molar-refractivity contribution is 0.224. The van der Waals surface area contributed by atoms with Crippen LogP contribution < -0.4 is 0 Å². The predicted molar refractivity (Wildman–Crippen MR) is 75.6 cm³/mol. The lowest BCUT2D eigenvalue weighted by Crippen LogP contribution is -2.31. The number of allylic oxidation sites excluding steroid dienone is 2. The van der Waals surface area contributed by atoms with E-state index in [1.165, 1.54) is 40.6 Å². The van der Waals surface area contributed by atoms with Crippen LogP contribution in [-0.2, 0) is 27.2 Å². The normalized spacial score (nSPS) is 13.3. The van der Waals surface area contributed by atoms with E-state index in [4.69, 9.17) is 18.1 Å². The molecule has 0 radical (unpaired) electrons. The van der Waals surface area contributed by atoms with Crippen LogP contribution in [0.3, 0.4) is 0 Å². The first-order valence-electron chi connectivity index (χ1n) is 5.52. The maximum absolute atomic E-state index is 12.8. The van der Waals surface area contributed by atoms with Crippen LogP contribution in [0.25, 0.3) is 0 Å². The molecule has 0 unspecified atom stereocenters. The second-order valence-corrected chi connectivity index (χ2v) is 9.21. The SMILES string of the molecule is C=CCC(CC=C)(P(=O)(OC)OC)P(=O)(OC)OC. The van der Waals surface area contributed by atoms with E-state index in [1.54, 1.807) is 0 Å². The molecule has 0 rings (SSSR count). The zero-order chi connectivity index (χ0) is 15.2. The van der Waals surface area contributed by atoms with E-state index < -0.39 is 20.1 Å². The average molecular weight is 312 g/mol. The Bertz CT molecular complexity index is 352. The molecule has 0 atom stereocenters. The third-order valence-corrected chi connectivity index (χ3v) is 9.09. The van der Waals surface area contributed by atoms with Crippen LogP contribution in [0, 0.1) is 0 Å². The van der Waals surface area contributed by atoms with Crippen molar-refractivity contribution in [3.8, 4) is 0 Å². The van der Waals surface area contributed by atoms with Crippen molar-refractivity contribution in [3.63, 3.8) is 0 Å². The van der Waals surface area contributed by atoms with Crippen molar-refractivity contribution in [1.29, 1.82) is 0 Å². The van der Waals surface area contributed by atoms with E-state index in [9.17, 15) is 9.13 Å². The Labute approximate surface area is 114 Å². The zero-order valence-corrected chi connectivity index (χ0v) is 13.6. The van der Waals surface area contributed by atoms with Crippen molar-refractivity contribution in [3.05, 3.63) is 25.3 Å². The highest BCUT2D eigenvalue weighted by atomic mass is 31.2. The fourth-order valence-electron chi connectivity index (χ4n) is 1.97. The van der Waals surface area contributed by atoms with Gasteiger partial charge in [-0.15, -0.1) is 13.2 Å². The molecule has 8 heteroatoms. The lowest BCUT2D eigenvalue weighted by atomic mass is 10.2. The van der Waals surface area contributed by atoms with Gasteiger partial charge in [-0.3, -0.25) is 9.13 Å². The van der Waals surface area contributed by atoms with Crippen molar-refractivity contribution in [2.45, 2.75) is 17.7 Å². The topological polar surface area (TPSA) is 71.1 Å². The van der Waals surface area contributed by atoms with Crippen molar-refractivity contribution in [1.82, 2.24) is 0 Å². The molecule has 0 saturated carbocycles. The van der Waals surface area contributed by atoms with Crippen molar-refractivity contribution in [2.75, 3.05) is 28.4 Å². The largest absolute Gasteiger partial charge is 0.348 e. The molecule has 0 amide bonds. The maximum Gasteiger partial charge on any atom is 0.348 e. The van der Waals surface area contributed by atoms with Gasteiger partial charge in [0.05, 0.1) is 0 Å². The Morgan fingerprint density at radius 2 is 1.11 bits per heavy atom. The Morgan fingerprint density at radius 1 is 0.842 bits per heavy atom. The molecule has 0 fully saturated rings. The zero-order valence-electron chi connectivity index (χ0n) is 11.8. The molecule has 0 aliphatic heterocycles. The smallest absolute Gasteiger partial charge is 0.311 e. The van der Waals surface area contributed by atoms with Crippen LogP contribution >= 0.6 is 15.2 Å². The van der Waals surface area contributed by atoms with Crippen LogP contribution in [0.15, 0.2) is 25.3 Å². The minimum absolute atomic E-state index is 0.0664. The highest BCUT2D eigenvalue weighted by Crippen LogP contribution is 2.79. The van der Waals surface area contributed by atoms with Gasteiger partial charge in [-0.2, -0.15) is 0 Å². The Kier molecular flexibility index (Phi) is 7.45. The Hall–Kier alpha value is -0.220. The molecule has 0 aromatic rings. The van der Waals surface area contributed by atoms with Crippen LogP contribution in [0.2, 0.25) is 0 Å². The highest BCUT2D eigenvalue weighted by Gasteiger charge is 2.62. The summed E-state index contributed by atoms with van der Waals surface area (Å²) < 4.78 is 45.7. The monoisotopic (exact) mass is 312 g/mol. The van der Waals surface area contributed by atoms with Gasteiger partial charge in [0.25, 0.3) is 0 Å². The second kappa shape index (κ2) is 7.53. The standard InChI is InChI=1S/C11H22O6P2/c1-7-9-11(10-8-2,18(12,14-3)15-4)19(13,16-5)17-6/h7-8H,1-2,9-10H2,3-6H3. The molecule has 19 heavy (non-hydrogen) atoms. The first kappa shape index (κ1) is 18.8. The van der Waals surface area contributed by atoms with E-state index in [2.05, 4.69) is 13.2 Å². The molecule has 0 aromatic heterocycles. The molecule has 0 heterocycles. The van der Waals surface area contributed by atoms with Crippen LogP contribution in [0.4, 0.5) is 0 Å². The van der Waals surface area contributed by atoms with Gasteiger partial charge < -0.3 is 18.1 Å². The van der Waals surface area contributed by atoms with Gasteiger partial charge in [-0.05, 0) is 12.8 Å². The molecule has 0 N–H and O–H groups in total. The quantitative estimate of drug-likeness (QED) is 0.451. The fourth-order valence-corrected chi connectivity index (χ4v) is 7.22. The summed E-state index contributed by atoms with van der Waals surface area (Å²) >= 11 is 0. The molecular formula is C11H22O6P2. The molecule has 0 saturated heterocycles. The summed E-state index contributed by atoms with van der Waals surface area (Å²) in [6.07, 6.45) is 3.08. The third kappa shape index (κ3) is 3.10. The molecule has 0 spiro atoms. The van der Waals surface area contributed by atoms with E-state index in [1.807, 2.05) is 0 Å². The summed E-state index contributed by atoms with van der Waals surface area (Å²) in [4.78, 5) is -1.50. The van der Waals surface area contributed by atoms with Crippen molar-refractivity contribution in [2.24, 2.45) is 0 Å². The van der Waals surface area contributed by atoms with Gasteiger partial charge in [-0.25, -0.2) is 0 Å². The van der Waals surface area contributed by atoms with Gasteiger partial charge in [0.15, 0.2) is 4.90 Å². The summed E-state index contributed by atoms with van der Waals surface area (Å²) in [6.45, 7) is 7.19. The number of hydrogen-bond acceptors (Lipinski definition) is 6. The predicted octanol–water partition coefficient (Wildman–Crippen LogP) is 3.81. The van der Waals surface area contributed by atoms with Crippen molar-refractivity contribution < 1.29 is 27.2 Å². The van der Waals surface area contributed by atoms with E-state index in [0.29, 0.717) is 0 Å². The van der Waals surface area contributed by atoms with Crippen LogP contribution in [0.5, 0.6) is 0 Å². The molecular weight excluding hydrogens is 290 g/mol. The summed E-state index contributed by atoms with van der Waals surface area (Å²) in [6, 6.07) is 0. The lowest BCUT2D eigenvalue weighted by Gasteiger charge is -2.39. The summed E-state index contributed by atoms with van der Waals surface area (Å²) in [5.41, 5.74) is 0. The number of hydrogen-bond donors (Lipinski definition) is 0. The molecule has 0 bridgehead atoms. The van der Waals surface area contributed by atoms with Gasteiger partial charge >= 0.3 is 15.2 Å². The summed E-state index contributed by atoms with van der Waals surface area (Å²) in [5, 5.41) is 0. The van der Waals surface area contributed by atoms with Crippen molar-refractivity contribution >= 4 is 15.2 Å². The summed E-state index contributed by atoms with van der Waals surface area (Å²) in [5.74, 6) is 0. The fraction of sp³-hybridized carbons (Fsp3) is 0.636. The molecule has 112 valence electrons. The van der Waals surface area contributed by atoms with Crippen LogP contribution in [0.1, 0.15) is 12.8 Å². The molecule has 0 aromatic carbocycles. The minimum atomic E-state index is -3.77. The van der Waals surface area contributed by atoms with Crippen LogP contribution in [-0.4, -0.2) is 33.3 Å². The van der Waals surface area contributed by atoms with Gasteiger partial charge in [0, 0.05) is 28.4 Å². The van der Waals surface area contributed by atoms with E-state index >= 15 is 0 Å². The first-order valence-corrected chi connectivity index (χ1v) is 8.60. The average Bonchev–Trinajstić information content (AvgIpc) is 2.44. The summed E-state index contributed by atoms with van der Waals surface area (Å²) in [7, 11) is -2.64. The van der Waals surface area contributed by atoms with Gasteiger partial charge in [0.1, 0.15) is 0 Å². The third-order valence-electron chi connectivity index (χ3n) is 2.92. The Balaban J connectivity index is 6.24.